The summed E-state index contributed by atoms with van der Waals surface area (Å²) in [5, 5.41) is 0. The van der Waals surface area contributed by atoms with Gasteiger partial charge >= 0.3 is 0 Å². The van der Waals surface area contributed by atoms with E-state index < -0.39 is 0 Å². The molecule has 5 atom stereocenters. The summed E-state index contributed by atoms with van der Waals surface area (Å²) in [6.45, 7) is 2.52. The number of carbonyl (C=O) groups is 1. The van der Waals surface area contributed by atoms with E-state index in [1.807, 2.05) is 6.08 Å². The third kappa shape index (κ3) is 2.04. The Labute approximate surface area is 136 Å². The first kappa shape index (κ1) is 14.2. The van der Waals surface area contributed by atoms with Crippen LogP contribution in [0.5, 0.6) is 0 Å². The van der Waals surface area contributed by atoms with Crippen LogP contribution in [-0.4, -0.2) is 5.78 Å². The van der Waals surface area contributed by atoms with Gasteiger partial charge in [0.2, 0.25) is 0 Å². The normalized spacial score (nSPS) is 47.6. The maximum absolute atomic E-state index is 11.7. The topological polar surface area (TPSA) is 17.1 Å². The van der Waals surface area contributed by atoms with E-state index in [4.69, 9.17) is 0 Å². The second kappa shape index (κ2) is 5.08. The Morgan fingerprint density at radius 2 is 2.00 bits per heavy atom. The fraction of sp³-hybridized carbons (Fsp3) is 0.737. The Kier molecular flexibility index (Phi) is 3.44. The van der Waals surface area contributed by atoms with Crippen LogP contribution in [-0.2, 0) is 4.79 Å². The molecule has 21 heavy (non-hydrogen) atoms. The summed E-state index contributed by atoms with van der Waals surface area (Å²) in [6, 6.07) is 0. The first-order chi connectivity index (χ1) is 10.1. The molecule has 0 radical (unpaired) electrons. The largest absolute Gasteiger partial charge is 0.295 e. The molecule has 4 rings (SSSR count). The first-order valence-corrected chi connectivity index (χ1v) is 9.58. The highest BCUT2D eigenvalue weighted by Crippen LogP contribution is 2.63. The van der Waals surface area contributed by atoms with Gasteiger partial charge in [-0.3, -0.25) is 4.79 Å². The molecule has 0 aromatic heterocycles. The summed E-state index contributed by atoms with van der Waals surface area (Å²) in [7, 11) is 0. The Morgan fingerprint density at radius 1 is 1.14 bits per heavy atom. The van der Waals surface area contributed by atoms with Crippen molar-refractivity contribution in [1.82, 2.24) is 0 Å². The maximum Gasteiger partial charge on any atom is 0.155 e. The summed E-state index contributed by atoms with van der Waals surface area (Å²) in [4.78, 5) is 13.9. The van der Waals surface area contributed by atoms with Crippen molar-refractivity contribution in [3.8, 4) is 0 Å². The van der Waals surface area contributed by atoms with Gasteiger partial charge in [-0.2, -0.15) is 0 Å². The highest BCUT2D eigenvalue weighted by molar-refractivity contribution is 9.11. The molecule has 2 heteroatoms. The molecular weight excluding hydrogens is 324 g/mol. The van der Waals surface area contributed by atoms with Crippen LogP contribution in [0.25, 0.3) is 0 Å². The molecule has 0 saturated heterocycles. The van der Waals surface area contributed by atoms with E-state index in [9.17, 15) is 4.79 Å². The highest BCUT2D eigenvalue weighted by Gasteiger charge is 2.54. The van der Waals surface area contributed by atoms with Crippen LogP contribution >= 0.6 is 15.9 Å². The first-order valence-electron chi connectivity index (χ1n) is 8.66. The van der Waals surface area contributed by atoms with Gasteiger partial charge in [0.15, 0.2) is 5.78 Å². The van der Waals surface area contributed by atoms with Gasteiger partial charge in [0.25, 0.3) is 0 Å². The molecule has 3 saturated carbocycles. The smallest absolute Gasteiger partial charge is 0.155 e. The Bertz CT molecular complexity index is 532. The predicted molar refractivity (Wildman–Crippen MR) is 89.1 cm³/mol. The molecule has 0 spiro atoms. The molecule has 3 fully saturated rings. The van der Waals surface area contributed by atoms with Crippen LogP contribution in [0.4, 0.5) is 0 Å². The molecule has 114 valence electrons. The molecule has 4 aliphatic carbocycles. The SMILES string of the molecule is C[C@]12CC[C@H]3[C@@H](CCC4=CC(=O)CC[C@@H]43)[C@@H]1CCC2=CBr. The van der Waals surface area contributed by atoms with E-state index in [1.54, 1.807) is 5.57 Å². The number of ketones is 1. The van der Waals surface area contributed by atoms with Gasteiger partial charge < -0.3 is 0 Å². The van der Waals surface area contributed by atoms with Gasteiger partial charge in [-0.25, -0.2) is 0 Å². The molecule has 4 aliphatic rings. The van der Waals surface area contributed by atoms with E-state index in [-0.39, 0.29) is 0 Å². The van der Waals surface area contributed by atoms with Crippen molar-refractivity contribution in [2.75, 3.05) is 0 Å². The molecule has 0 heterocycles. The fourth-order valence-corrected chi connectivity index (χ4v) is 6.96. The van der Waals surface area contributed by atoms with Gasteiger partial charge in [0, 0.05) is 6.42 Å². The van der Waals surface area contributed by atoms with Crippen LogP contribution in [0.1, 0.15) is 58.3 Å². The number of rotatable bonds is 0. The quantitative estimate of drug-likeness (QED) is 0.572. The van der Waals surface area contributed by atoms with Gasteiger partial charge in [-0.15, -0.1) is 0 Å². The molecule has 0 aromatic rings. The summed E-state index contributed by atoms with van der Waals surface area (Å²) in [6.07, 6.45) is 11.9. The van der Waals surface area contributed by atoms with Crippen molar-refractivity contribution in [3.63, 3.8) is 0 Å². The minimum atomic E-state index is 0.380. The number of fused-ring (bicyclic) bond motifs is 5. The number of halogens is 1. The molecule has 0 bridgehead atoms. The number of hydrogen-bond donors (Lipinski definition) is 0. The van der Waals surface area contributed by atoms with Crippen LogP contribution in [0.2, 0.25) is 0 Å². The van der Waals surface area contributed by atoms with Crippen molar-refractivity contribution in [2.45, 2.75) is 58.3 Å². The Balaban J connectivity index is 1.64. The monoisotopic (exact) mass is 348 g/mol. The minimum Gasteiger partial charge on any atom is -0.295 e. The lowest BCUT2D eigenvalue weighted by Gasteiger charge is -2.53. The Hall–Kier alpha value is -0.370. The average molecular weight is 349 g/mol. The zero-order valence-electron chi connectivity index (χ0n) is 12.9. The second-order valence-corrected chi connectivity index (χ2v) is 8.39. The van der Waals surface area contributed by atoms with Crippen LogP contribution in [0, 0.1) is 29.1 Å². The van der Waals surface area contributed by atoms with Crippen molar-refractivity contribution < 1.29 is 4.79 Å². The van der Waals surface area contributed by atoms with E-state index in [0.29, 0.717) is 11.2 Å². The Morgan fingerprint density at radius 3 is 2.81 bits per heavy atom. The summed E-state index contributed by atoms with van der Waals surface area (Å²) in [5.74, 6) is 3.78. The van der Waals surface area contributed by atoms with Crippen LogP contribution < -0.4 is 0 Å². The van der Waals surface area contributed by atoms with Gasteiger partial charge in [0.1, 0.15) is 0 Å². The molecule has 0 aromatic carbocycles. The van der Waals surface area contributed by atoms with Gasteiger partial charge in [-0.1, -0.05) is 34.0 Å². The molecular formula is C19H25BrO. The lowest BCUT2D eigenvalue weighted by molar-refractivity contribution is -0.115. The minimum absolute atomic E-state index is 0.380. The molecule has 0 unspecified atom stereocenters. The second-order valence-electron chi connectivity index (χ2n) is 7.93. The number of allylic oxidation sites excluding steroid dienone is 2. The molecule has 0 aliphatic heterocycles. The number of carbonyl (C=O) groups excluding carboxylic acids is 1. The van der Waals surface area contributed by atoms with E-state index in [2.05, 4.69) is 27.8 Å². The molecule has 1 nitrogen and oxygen atoms in total. The van der Waals surface area contributed by atoms with Crippen LogP contribution in [0.15, 0.2) is 22.2 Å². The third-order valence-corrected chi connectivity index (χ3v) is 7.83. The van der Waals surface area contributed by atoms with Crippen molar-refractivity contribution >= 4 is 21.7 Å². The fourth-order valence-electron chi connectivity index (χ4n) is 6.21. The zero-order chi connectivity index (χ0) is 14.6. The van der Waals surface area contributed by atoms with Gasteiger partial charge in [0.05, 0.1) is 0 Å². The lowest BCUT2D eigenvalue weighted by atomic mass is 9.52. The van der Waals surface area contributed by atoms with Crippen molar-refractivity contribution in [3.05, 3.63) is 22.2 Å². The summed E-state index contributed by atoms with van der Waals surface area (Å²) in [5.41, 5.74) is 3.62. The van der Waals surface area contributed by atoms with Crippen LogP contribution in [0.3, 0.4) is 0 Å². The summed E-state index contributed by atoms with van der Waals surface area (Å²) < 4.78 is 0. The van der Waals surface area contributed by atoms with Gasteiger partial charge in [-0.05, 0) is 85.1 Å². The maximum atomic E-state index is 11.7. The van der Waals surface area contributed by atoms with E-state index >= 15 is 0 Å². The van der Waals surface area contributed by atoms with Crippen molar-refractivity contribution in [1.29, 1.82) is 0 Å². The zero-order valence-corrected chi connectivity index (χ0v) is 14.5. The molecule has 0 N–H and O–H groups in total. The summed E-state index contributed by atoms with van der Waals surface area (Å²) >= 11 is 3.61. The molecule has 0 amide bonds. The third-order valence-electron chi connectivity index (χ3n) is 7.28. The number of hydrogen-bond acceptors (Lipinski definition) is 1. The lowest BCUT2D eigenvalue weighted by Crippen LogP contribution is -2.45. The van der Waals surface area contributed by atoms with Crippen molar-refractivity contribution in [2.24, 2.45) is 29.1 Å². The standard InChI is InChI=1S/C19H25BrO/c1-19-9-8-16-15-6-4-14(21)10-12(15)2-5-17(16)18(19)7-3-13(19)11-20/h10-11,15-18H,2-9H2,1H3/t15-,16+,17+,18-,19+/m0/s1. The predicted octanol–water partition coefficient (Wildman–Crippen LogP) is 5.41. The highest BCUT2D eigenvalue weighted by atomic mass is 79.9. The average Bonchev–Trinajstić information content (AvgIpc) is 2.83. The van der Waals surface area contributed by atoms with E-state index in [0.717, 1.165) is 36.5 Å². The van der Waals surface area contributed by atoms with E-state index in [1.165, 1.54) is 44.1 Å².